The van der Waals surface area contributed by atoms with E-state index in [1.54, 1.807) is 0 Å². The number of aromatic nitrogens is 1. The standard InChI is InChI=1S/C12H21N5OS/c1-4-17(3)12-15-10(13)9(19-12)11(18)14-8-5-6-16(2)7-8/h8H,4-7,13H2,1-3H3,(H,14,18). The third kappa shape index (κ3) is 3.16. The van der Waals surface area contributed by atoms with Crippen LogP contribution in [0.5, 0.6) is 0 Å². The van der Waals surface area contributed by atoms with E-state index in [1.165, 1.54) is 11.3 Å². The Balaban J connectivity index is 2.04. The topological polar surface area (TPSA) is 74.5 Å². The molecule has 1 fully saturated rings. The van der Waals surface area contributed by atoms with Crippen molar-refractivity contribution >= 4 is 28.2 Å². The van der Waals surface area contributed by atoms with Crippen molar-refractivity contribution in [3.05, 3.63) is 4.88 Å². The van der Waals surface area contributed by atoms with Gasteiger partial charge < -0.3 is 20.9 Å². The second-order valence-electron chi connectivity index (χ2n) is 4.95. The molecule has 106 valence electrons. The van der Waals surface area contributed by atoms with Crippen molar-refractivity contribution in [2.45, 2.75) is 19.4 Å². The maximum absolute atomic E-state index is 12.2. The van der Waals surface area contributed by atoms with Gasteiger partial charge in [0.15, 0.2) is 5.13 Å². The molecule has 0 spiro atoms. The molecule has 19 heavy (non-hydrogen) atoms. The summed E-state index contributed by atoms with van der Waals surface area (Å²) < 4.78 is 0. The smallest absolute Gasteiger partial charge is 0.265 e. The fourth-order valence-corrected chi connectivity index (χ4v) is 3.00. The molecule has 6 nitrogen and oxygen atoms in total. The Kier molecular flexibility index (Phi) is 4.26. The van der Waals surface area contributed by atoms with Gasteiger partial charge in [-0.25, -0.2) is 4.98 Å². The van der Waals surface area contributed by atoms with Gasteiger partial charge in [-0.1, -0.05) is 11.3 Å². The Bertz CT molecular complexity index is 461. The van der Waals surface area contributed by atoms with E-state index in [2.05, 4.69) is 22.2 Å². The third-order valence-electron chi connectivity index (χ3n) is 3.38. The number of likely N-dealkylation sites (tertiary alicyclic amines) is 1. The van der Waals surface area contributed by atoms with Crippen molar-refractivity contribution in [1.82, 2.24) is 15.2 Å². The molecule has 1 saturated heterocycles. The van der Waals surface area contributed by atoms with Gasteiger partial charge in [0.2, 0.25) is 0 Å². The van der Waals surface area contributed by atoms with E-state index < -0.39 is 0 Å². The van der Waals surface area contributed by atoms with Crippen LogP contribution in [0.15, 0.2) is 0 Å². The molecule has 0 radical (unpaired) electrons. The number of nitrogens with two attached hydrogens (primary N) is 1. The zero-order valence-corrected chi connectivity index (χ0v) is 12.5. The van der Waals surface area contributed by atoms with E-state index in [0.717, 1.165) is 31.2 Å². The van der Waals surface area contributed by atoms with Crippen LogP contribution in [0.3, 0.4) is 0 Å². The van der Waals surface area contributed by atoms with Crippen LogP contribution in [0.4, 0.5) is 10.9 Å². The summed E-state index contributed by atoms with van der Waals surface area (Å²) in [6.45, 7) is 4.78. The number of amides is 1. The molecule has 7 heteroatoms. The van der Waals surface area contributed by atoms with Crippen LogP contribution in [0.2, 0.25) is 0 Å². The number of hydrogen-bond acceptors (Lipinski definition) is 6. The molecular formula is C12H21N5OS. The van der Waals surface area contributed by atoms with Gasteiger partial charge in [-0.15, -0.1) is 0 Å². The van der Waals surface area contributed by atoms with Crippen molar-refractivity contribution in [2.75, 3.05) is 44.4 Å². The zero-order chi connectivity index (χ0) is 14.0. The van der Waals surface area contributed by atoms with Gasteiger partial charge in [0.25, 0.3) is 5.91 Å². The van der Waals surface area contributed by atoms with E-state index in [1.807, 2.05) is 18.9 Å². The monoisotopic (exact) mass is 283 g/mol. The Labute approximate surface area is 117 Å². The zero-order valence-electron chi connectivity index (χ0n) is 11.6. The molecule has 0 bridgehead atoms. The third-order valence-corrected chi connectivity index (χ3v) is 4.56. The summed E-state index contributed by atoms with van der Waals surface area (Å²) in [6.07, 6.45) is 0.989. The van der Waals surface area contributed by atoms with Gasteiger partial charge >= 0.3 is 0 Å². The van der Waals surface area contributed by atoms with E-state index in [4.69, 9.17) is 5.73 Å². The highest BCUT2D eigenvalue weighted by atomic mass is 32.1. The highest BCUT2D eigenvalue weighted by Crippen LogP contribution is 2.27. The lowest BCUT2D eigenvalue weighted by Gasteiger charge is -2.12. The lowest BCUT2D eigenvalue weighted by molar-refractivity contribution is 0.0943. The summed E-state index contributed by atoms with van der Waals surface area (Å²) >= 11 is 1.35. The molecule has 2 heterocycles. The number of rotatable bonds is 4. The van der Waals surface area contributed by atoms with Crippen LogP contribution >= 0.6 is 11.3 Å². The van der Waals surface area contributed by atoms with Crippen molar-refractivity contribution in [2.24, 2.45) is 0 Å². The number of carbonyl (C=O) groups excluding carboxylic acids is 1. The fraction of sp³-hybridized carbons (Fsp3) is 0.667. The first-order valence-corrected chi connectivity index (χ1v) is 7.29. The van der Waals surface area contributed by atoms with Crippen LogP contribution in [-0.4, -0.2) is 55.6 Å². The van der Waals surface area contributed by atoms with Crippen molar-refractivity contribution in [1.29, 1.82) is 0 Å². The predicted octanol–water partition coefficient (Wildman–Crippen LogP) is 0.615. The molecule has 1 aliphatic heterocycles. The normalized spacial score (nSPS) is 19.6. The van der Waals surface area contributed by atoms with E-state index >= 15 is 0 Å². The number of nitrogens with one attached hydrogen (secondary N) is 1. The number of thiazole rings is 1. The molecule has 1 atom stereocenters. The van der Waals surface area contributed by atoms with Crippen LogP contribution in [0, 0.1) is 0 Å². The molecule has 1 unspecified atom stereocenters. The van der Waals surface area contributed by atoms with Crippen LogP contribution < -0.4 is 16.0 Å². The fourth-order valence-electron chi connectivity index (χ4n) is 2.09. The summed E-state index contributed by atoms with van der Waals surface area (Å²) in [5.74, 6) is 0.218. The minimum Gasteiger partial charge on any atom is -0.382 e. The molecule has 1 aliphatic rings. The van der Waals surface area contributed by atoms with E-state index in [0.29, 0.717) is 10.7 Å². The average Bonchev–Trinajstić information content (AvgIpc) is 2.94. The minimum absolute atomic E-state index is 0.106. The van der Waals surface area contributed by atoms with Gasteiger partial charge in [0, 0.05) is 26.2 Å². The lowest BCUT2D eigenvalue weighted by atomic mass is 10.2. The van der Waals surface area contributed by atoms with Crippen LogP contribution in [0.25, 0.3) is 0 Å². The minimum atomic E-state index is -0.106. The molecule has 3 N–H and O–H groups in total. The van der Waals surface area contributed by atoms with Crippen molar-refractivity contribution < 1.29 is 4.79 Å². The largest absolute Gasteiger partial charge is 0.382 e. The maximum atomic E-state index is 12.2. The first-order valence-electron chi connectivity index (χ1n) is 6.48. The number of likely N-dealkylation sites (N-methyl/N-ethyl adjacent to an activating group) is 1. The van der Waals surface area contributed by atoms with Gasteiger partial charge in [0.1, 0.15) is 10.7 Å². The van der Waals surface area contributed by atoms with Gasteiger partial charge in [-0.3, -0.25) is 4.79 Å². The SMILES string of the molecule is CCN(C)c1nc(N)c(C(=O)NC2CCN(C)C2)s1. The maximum Gasteiger partial charge on any atom is 0.265 e. The molecule has 0 aromatic carbocycles. The average molecular weight is 283 g/mol. The Morgan fingerprint density at radius 3 is 3.00 bits per heavy atom. The molecule has 2 rings (SSSR count). The molecule has 0 aliphatic carbocycles. The van der Waals surface area contributed by atoms with Crippen molar-refractivity contribution in [3.63, 3.8) is 0 Å². The van der Waals surface area contributed by atoms with Gasteiger partial charge in [-0.05, 0) is 26.9 Å². The second-order valence-corrected chi connectivity index (χ2v) is 5.92. The summed E-state index contributed by atoms with van der Waals surface area (Å²) in [5.41, 5.74) is 5.84. The lowest BCUT2D eigenvalue weighted by Crippen LogP contribution is -2.36. The second kappa shape index (κ2) is 5.75. The van der Waals surface area contributed by atoms with Crippen LogP contribution in [0.1, 0.15) is 23.0 Å². The number of carbonyl (C=O) groups is 1. The first kappa shape index (κ1) is 14.1. The quantitative estimate of drug-likeness (QED) is 0.847. The van der Waals surface area contributed by atoms with E-state index in [9.17, 15) is 4.79 Å². The molecule has 1 amide bonds. The molecule has 0 saturated carbocycles. The molecule has 1 aromatic heterocycles. The summed E-state index contributed by atoms with van der Waals surface area (Å²) in [6, 6.07) is 0.214. The Hall–Kier alpha value is -1.34. The molecular weight excluding hydrogens is 262 g/mol. The number of anilines is 2. The number of hydrogen-bond donors (Lipinski definition) is 2. The van der Waals surface area contributed by atoms with Gasteiger partial charge in [-0.2, -0.15) is 0 Å². The summed E-state index contributed by atoms with van der Waals surface area (Å²) in [5, 5.41) is 3.81. The highest BCUT2D eigenvalue weighted by molar-refractivity contribution is 7.18. The van der Waals surface area contributed by atoms with Crippen LogP contribution in [-0.2, 0) is 0 Å². The Morgan fingerprint density at radius 2 is 2.42 bits per heavy atom. The van der Waals surface area contributed by atoms with Gasteiger partial charge in [0.05, 0.1) is 0 Å². The molecule has 1 aromatic rings. The van der Waals surface area contributed by atoms with E-state index in [-0.39, 0.29) is 11.9 Å². The first-order chi connectivity index (χ1) is 9.01. The van der Waals surface area contributed by atoms with Crippen molar-refractivity contribution in [3.8, 4) is 0 Å². The number of nitrogens with zero attached hydrogens (tertiary/aromatic N) is 3. The summed E-state index contributed by atoms with van der Waals surface area (Å²) in [4.78, 5) is 21.1. The summed E-state index contributed by atoms with van der Waals surface area (Å²) in [7, 11) is 3.99. The predicted molar refractivity (Wildman–Crippen MR) is 78.8 cm³/mol. The Morgan fingerprint density at radius 1 is 1.68 bits per heavy atom. The number of nitrogen functional groups attached to an aromatic ring is 1. The highest BCUT2D eigenvalue weighted by Gasteiger charge is 2.24.